The summed E-state index contributed by atoms with van der Waals surface area (Å²) in [4.78, 5) is 72.4. The average molecular weight is 1330 g/mol. The molecule has 89 heavy (non-hydrogen) atoms. The molecule has 4 atom stereocenters. The van der Waals surface area contributed by atoms with Crippen LogP contribution >= 0.6 is 0 Å². The second-order valence-corrected chi connectivity index (χ2v) is 27.6. The second kappa shape index (κ2) is 54.7. The van der Waals surface area contributed by atoms with Gasteiger partial charge in [-0.2, -0.15) is 0 Å². The molecular formula is C66H114CaO20S2. The van der Waals surface area contributed by atoms with Crippen LogP contribution in [-0.2, 0) is 77.4 Å². The van der Waals surface area contributed by atoms with Crippen molar-refractivity contribution in [2.45, 2.75) is 294 Å². The van der Waals surface area contributed by atoms with Gasteiger partial charge in [-0.05, 0) is 64.2 Å². The second-order valence-electron chi connectivity index (χ2n) is 24.5. The van der Waals surface area contributed by atoms with E-state index in [9.17, 15) is 64.9 Å². The molecule has 0 bridgehead atoms. The first-order valence-corrected chi connectivity index (χ1v) is 36.6. The Labute approximate surface area is 565 Å². The molecule has 20 nitrogen and oxygen atoms in total. The molecule has 0 aromatic rings. The Morgan fingerprint density at radius 2 is 0.663 bits per heavy atom. The zero-order valence-electron chi connectivity index (χ0n) is 54.6. The molecule has 2 saturated heterocycles. The van der Waals surface area contributed by atoms with Crippen molar-refractivity contribution >= 4 is 93.8 Å². The summed E-state index contributed by atoms with van der Waals surface area (Å²) < 4.78 is 98.0. The standard InChI is InChI=1S/2C33H58O10S.Ca/c2*1-2-3-4-5-6-7-8-9-10-11-12-13-14-15-16-17-18-19-20-21-22-23-30(35)41-26-33(25-34)27-42-31(36)24-29(44(38,39)40)32(37)43-28-33;/h2*9-10,29,34H,2-8,11-28H2,1H3,(H,38,39,40);/q;;+2/p-2/b2*10-9-;. The van der Waals surface area contributed by atoms with E-state index in [1.807, 2.05) is 0 Å². The van der Waals surface area contributed by atoms with Crippen LogP contribution in [0.5, 0.6) is 0 Å². The van der Waals surface area contributed by atoms with Crippen molar-refractivity contribution in [2.24, 2.45) is 10.8 Å². The molecule has 0 aromatic heterocycles. The van der Waals surface area contributed by atoms with E-state index in [2.05, 4.69) is 38.2 Å². The third-order valence-electron chi connectivity index (χ3n) is 16.1. The fourth-order valence-electron chi connectivity index (χ4n) is 10.1. The molecular weight excluding hydrogens is 1220 g/mol. The van der Waals surface area contributed by atoms with Crippen molar-refractivity contribution in [1.29, 1.82) is 0 Å². The molecule has 512 valence electrons. The molecule has 2 N–H and O–H groups in total. The first kappa shape index (κ1) is 86.3. The SMILES string of the molecule is CCCCCCCC/C=C\CCCCCCCCCCCCCC(=O)OCC1(CO)COC(=O)CC(S(=O)(=O)[O-])C(=O)OC1.CCCCCCCC/C=C\CCCCCCCCCCCCCC(=O)OCC1(CO)COC(=O)CC(S(=O)(=O)[O-])C(=O)OC1.[Ca+2]. The number of cyclic esters (lactones) is 4. The van der Waals surface area contributed by atoms with Crippen LogP contribution in [0.25, 0.3) is 0 Å². The van der Waals surface area contributed by atoms with Gasteiger partial charge < -0.3 is 47.7 Å². The van der Waals surface area contributed by atoms with Crippen molar-refractivity contribution in [2.75, 3.05) is 52.9 Å². The third-order valence-corrected chi connectivity index (χ3v) is 18.2. The van der Waals surface area contributed by atoms with Gasteiger partial charge in [-0.25, -0.2) is 16.8 Å². The maximum Gasteiger partial charge on any atom is 2.00 e. The summed E-state index contributed by atoms with van der Waals surface area (Å²) in [5.74, 6) is -6.00. The Morgan fingerprint density at radius 1 is 0.427 bits per heavy atom. The number of rotatable bonds is 50. The zero-order chi connectivity index (χ0) is 65.0. The number of carbonyl (C=O) groups excluding carboxylic acids is 6. The van der Waals surface area contributed by atoms with Gasteiger partial charge in [-0.1, -0.05) is 218 Å². The van der Waals surface area contributed by atoms with E-state index >= 15 is 0 Å². The summed E-state index contributed by atoms with van der Waals surface area (Å²) in [7, 11) is -10.3. The van der Waals surface area contributed by atoms with Gasteiger partial charge in [-0.3, -0.25) is 28.8 Å². The summed E-state index contributed by atoms with van der Waals surface area (Å²) in [6, 6.07) is 0. The number of unbranched alkanes of at least 4 members (excludes halogenated alkanes) is 34. The molecule has 4 unspecified atom stereocenters. The Hall–Kier alpha value is -2.70. The van der Waals surface area contributed by atoms with Gasteiger partial charge >= 0.3 is 73.6 Å². The van der Waals surface area contributed by atoms with E-state index in [4.69, 9.17) is 28.4 Å². The molecule has 2 heterocycles. The van der Waals surface area contributed by atoms with Crippen LogP contribution in [0.4, 0.5) is 0 Å². The van der Waals surface area contributed by atoms with Crippen LogP contribution in [-0.4, -0.2) is 173 Å². The Bertz CT molecular complexity index is 2020. The monoisotopic (exact) mass is 1330 g/mol. The molecule has 0 saturated carbocycles. The van der Waals surface area contributed by atoms with Crippen LogP contribution in [0, 0.1) is 10.8 Å². The first-order chi connectivity index (χ1) is 42.3. The normalized spacial score (nSPS) is 19.4. The predicted octanol–water partition coefficient (Wildman–Crippen LogP) is 12.2. The summed E-state index contributed by atoms with van der Waals surface area (Å²) in [6.45, 7) is 0.308. The molecule has 0 aliphatic carbocycles. The fraction of sp³-hybridized carbons (Fsp3) is 0.848. The van der Waals surface area contributed by atoms with Crippen molar-refractivity contribution in [3.63, 3.8) is 0 Å². The topological polar surface area (TPSA) is 313 Å². The van der Waals surface area contributed by atoms with Gasteiger partial charge in [0.25, 0.3) is 0 Å². The predicted molar refractivity (Wildman–Crippen MR) is 341 cm³/mol. The van der Waals surface area contributed by atoms with Gasteiger partial charge in [0.1, 0.15) is 59.9 Å². The summed E-state index contributed by atoms with van der Waals surface area (Å²) >= 11 is 0. The first-order valence-electron chi connectivity index (χ1n) is 33.6. The minimum Gasteiger partial charge on any atom is -0.747 e. The van der Waals surface area contributed by atoms with Crippen LogP contribution in [0.2, 0.25) is 0 Å². The third kappa shape index (κ3) is 46.1. The number of hydrogen-bond acceptors (Lipinski definition) is 20. The van der Waals surface area contributed by atoms with Gasteiger partial charge in [0.15, 0.2) is 10.5 Å². The largest absolute Gasteiger partial charge is 2.00 e. The van der Waals surface area contributed by atoms with Crippen molar-refractivity contribution in [1.82, 2.24) is 0 Å². The van der Waals surface area contributed by atoms with E-state index in [1.54, 1.807) is 0 Å². The van der Waals surface area contributed by atoms with Gasteiger partial charge in [0, 0.05) is 12.8 Å². The summed E-state index contributed by atoms with van der Waals surface area (Å²) in [5, 5.41) is 15.3. The van der Waals surface area contributed by atoms with E-state index in [1.165, 1.54) is 193 Å². The van der Waals surface area contributed by atoms with E-state index in [-0.39, 0.29) is 50.6 Å². The molecule has 0 spiro atoms. The molecule has 2 aliphatic rings. The number of hydrogen-bond donors (Lipinski definition) is 2. The molecule has 23 heteroatoms. The quantitative estimate of drug-likeness (QED) is 0.0143. The van der Waals surface area contributed by atoms with Crippen molar-refractivity contribution in [3.8, 4) is 0 Å². The minimum atomic E-state index is -5.14. The van der Waals surface area contributed by atoms with Gasteiger partial charge in [0.2, 0.25) is 0 Å². The summed E-state index contributed by atoms with van der Waals surface area (Å²) in [6.07, 6.45) is 54.2. The maximum absolute atomic E-state index is 12.2. The van der Waals surface area contributed by atoms with Gasteiger partial charge in [-0.15, -0.1) is 0 Å². The Balaban J connectivity index is 0.00000172. The molecule has 0 radical (unpaired) electrons. The van der Waals surface area contributed by atoms with Crippen molar-refractivity contribution in [3.05, 3.63) is 24.3 Å². The molecule has 0 aromatic carbocycles. The van der Waals surface area contributed by atoms with Crippen LogP contribution < -0.4 is 0 Å². The number of carbonyl (C=O) groups is 6. The number of esters is 6. The summed E-state index contributed by atoms with van der Waals surface area (Å²) in [5.41, 5.74) is -2.90. The molecule has 2 aliphatic heterocycles. The molecule has 2 fully saturated rings. The molecule has 0 amide bonds. The fourth-order valence-corrected chi connectivity index (χ4v) is 11.4. The van der Waals surface area contributed by atoms with Crippen LogP contribution in [0.1, 0.15) is 284 Å². The molecule has 2 rings (SSSR count). The van der Waals surface area contributed by atoms with Crippen LogP contribution in [0.3, 0.4) is 0 Å². The number of allylic oxidation sites excluding steroid dienone is 4. The number of aliphatic hydroxyl groups excluding tert-OH is 2. The Kier molecular flexibility index (Phi) is 53.0. The number of ether oxygens (including phenoxy) is 6. The van der Waals surface area contributed by atoms with Crippen molar-refractivity contribution < 1.29 is 93.3 Å². The van der Waals surface area contributed by atoms with E-state index in [0.717, 1.165) is 38.5 Å². The minimum absolute atomic E-state index is 0. The van der Waals surface area contributed by atoms with E-state index < -0.39 is 143 Å². The van der Waals surface area contributed by atoms with Crippen LogP contribution in [0.15, 0.2) is 24.3 Å². The Morgan fingerprint density at radius 3 is 0.910 bits per heavy atom. The van der Waals surface area contributed by atoms with E-state index in [0.29, 0.717) is 12.8 Å². The maximum atomic E-state index is 12.2. The zero-order valence-corrected chi connectivity index (χ0v) is 58.4. The average Bonchev–Trinajstić information content (AvgIpc) is 3.97. The van der Waals surface area contributed by atoms with Gasteiger partial charge in [0.05, 0.1) is 36.9 Å². The number of aliphatic hydroxyl groups is 2. The smallest absolute Gasteiger partial charge is 0.747 e.